The van der Waals surface area contributed by atoms with Gasteiger partial charge in [0, 0.05) is 19.6 Å². The Labute approximate surface area is 118 Å². The Morgan fingerprint density at radius 2 is 2.19 bits per heavy atom. The first kappa shape index (κ1) is 16.5. The maximum Gasteiger partial charge on any atom is 0.326 e. The Hall–Kier alpha value is -2.55. The number of rotatable bonds is 7. The van der Waals surface area contributed by atoms with Gasteiger partial charge >= 0.3 is 11.7 Å². The molecule has 8 nitrogen and oxygen atoms in total. The number of hydrogen-bond donors (Lipinski definition) is 2. The Kier molecular flexibility index (Phi) is 5.73. The van der Waals surface area contributed by atoms with Crippen molar-refractivity contribution in [1.82, 2.24) is 5.32 Å². The van der Waals surface area contributed by atoms with Gasteiger partial charge in [0.15, 0.2) is 0 Å². The van der Waals surface area contributed by atoms with Gasteiger partial charge in [0.2, 0.25) is 11.7 Å². The molecule has 1 rings (SSSR count). The van der Waals surface area contributed by atoms with Crippen LogP contribution in [-0.4, -0.2) is 41.7 Å². The van der Waals surface area contributed by atoms with Crippen LogP contribution in [0.1, 0.15) is 5.56 Å². The molecule has 1 amide bonds. The summed E-state index contributed by atoms with van der Waals surface area (Å²) >= 11 is 0. The van der Waals surface area contributed by atoms with Gasteiger partial charge in [-0.1, -0.05) is 6.07 Å². The number of carbonyl (C=O) groups is 2. The van der Waals surface area contributed by atoms with Gasteiger partial charge < -0.3 is 15.2 Å². The lowest BCUT2D eigenvalue weighted by molar-refractivity contribution is -0.387. The minimum absolute atomic E-state index is 0.216. The lowest BCUT2D eigenvalue weighted by atomic mass is 10.0. The number of aliphatic carboxylic acids is 1. The first-order valence-corrected chi connectivity index (χ1v) is 5.79. The minimum atomic E-state index is -1.31. The third-order valence-corrected chi connectivity index (χ3v) is 2.56. The Balaban J connectivity index is 2.89. The molecular weight excluding hydrogens is 287 g/mol. The average Bonchev–Trinajstić information content (AvgIpc) is 2.39. The third kappa shape index (κ3) is 4.80. The van der Waals surface area contributed by atoms with Gasteiger partial charge in [0.05, 0.1) is 4.92 Å². The average molecular weight is 300 g/mol. The summed E-state index contributed by atoms with van der Waals surface area (Å²) in [6.45, 7) is -0.312. The topological polar surface area (TPSA) is 119 Å². The van der Waals surface area contributed by atoms with Gasteiger partial charge in [0.25, 0.3) is 0 Å². The summed E-state index contributed by atoms with van der Waals surface area (Å²) < 4.78 is 17.7. The van der Waals surface area contributed by atoms with Crippen molar-refractivity contribution in [3.63, 3.8) is 0 Å². The van der Waals surface area contributed by atoms with E-state index < -0.39 is 34.3 Å². The number of nitrogens with one attached hydrogen (secondary N) is 1. The lowest BCUT2D eigenvalue weighted by Gasteiger charge is -2.14. The van der Waals surface area contributed by atoms with E-state index >= 15 is 0 Å². The van der Waals surface area contributed by atoms with Crippen LogP contribution in [0.15, 0.2) is 18.2 Å². The van der Waals surface area contributed by atoms with Crippen molar-refractivity contribution in [2.45, 2.75) is 12.5 Å². The van der Waals surface area contributed by atoms with E-state index in [4.69, 9.17) is 5.11 Å². The Bertz CT molecular complexity index is 563. The van der Waals surface area contributed by atoms with Crippen molar-refractivity contribution in [2.24, 2.45) is 0 Å². The van der Waals surface area contributed by atoms with Crippen LogP contribution in [0.5, 0.6) is 0 Å². The fourth-order valence-corrected chi connectivity index (χ4v) is 1.63. The zero-order valence-corrected chi connectivity index (χ0v) is 11.0. The van der Waals surface area contributed by atoms with Gasteiger partial charge in [-0.2, -0.15) is 4.39 Å². The van der Waals surface area contributed by atoms with Gasteiger partial charge in [0.1, 0.15) is 12.6 Å². The highest BCUT2D eigenvalue weighted by molar-refractivity contribution is 5.84. The molecule has 9 heteroatoms. The molecule has 0 spiro atoms. The first-order valence-electron chi connectivity index (χ1n) is 5.79. The minimum Gasteiger partial charge on any atom is -0.480 e. The van der Waals surface area contributed by atoms with Gasteiger partial charge in [-0.25, -0.2) is 4.79 Å². The van der Waals surface area contributed by atoms with E-state index in [9.17, 15) is 24.1 Å². The number of nitro benzene ring substituents is 1. The van der Waals surface area contributed by atoms with Crippen LogP contribution >= 0.6 is 0 Å². The number of carbonyl (C=O) groups excluding carboxylic acids is 1. The normalized spacial score (nSPS) is 11.7. The summed E-state index contributed by atoms with van der Waals surface area (Å²) in [5.41, 5.74) is -0.534. The zero-order chi connectivity index (χ0) is 16.0. The van der Waals surface area contributed by atoms with E-state index in [0.29, 0.717) is 0 Å². The van der Waals surface area contributed by atoms with Crippen molar-refractivity contribution < 1.29 is 28.7 Å². The number of amides is 1. The van der Waals surface area contributed by atoms with Gasteiger partial charge in [-0.15, -0.1) is 0 Å². The number of benzene rings is 1. The highest BCUT2D eigenvalue weighted by Crippen LogP contribution is 2.19. The van der Waals surface area contributed by atoms with Crippen molar-refractivity contribution >= 4 is 17.6 Å². The number of ether oxygens (including phenoxy) is 1. The molecule has 1 aromatic carbocycles. The number of hydrogen-bond acceptors (Lipinski definition) is 5. The molecule has 0 heterocycles. The highest BCUT2D eigenvalue weighted by atomic mass is 19.1. The highest BCUT2D eigenvalue weighted by Gasteiger charge is 2.22. The number of nitrogens with zero attached hydrogens (tertiary/aromatic N) is 1. The fourth-order valence-electron chi connectivity index (χ4n) is 1.63. The predicted molar refractivity (Wildman–Crippen MR) is 68.2 cm³/mol. The number of nitro groups is 1. The SMILES string of the molecule is COCC(=O)N[C@@H](Cc1ccc(F)c([N+](=O)[O-])c1)C(=O)O. The summed E-state index contributed by atoms with van der Waals surface area (Å²) in [5.74, 6) is -2.97. The molecule has 0 aromatic heterocycles. The van der Waals surface area contributed by atoms with Crippen LogP contribution in [-0.2, 0) is 20.7 Å². The summed E-state index contributed by atoms with van der Waals surface area (Å²) in [5, 5.41) is 21.8. The molecule has 0 radical (unpaired) electrons. The van der Waals surface area contributed by atoms with Crippen molar-refractivity contribution in [2.75, 3.05) is 13.7 Å². The molecule has 114 valence electrons. The van der Waals surface area contributed by atoms with E-state index in [1.165, 1.54) is 13.2 Å². The molecule has 0 saturated heterocycles. The van der Waals surface area contributed by atoms with Gasteiger partial charge in [-0.3, -0.25) is 14.9 Å². The van der Waals surface area contributed by atoms with Crippen LogP contribution in [0.4, 0.5) is 10.1 Å². The second kappa shape index (κ2) is 7.29. The molecule has 0 saturated carbocycles. The number of methoxy groups -OCH3 is 1. The lowest BCUT2D eigenvalue weighted by Crippen LogP contribution is -2.43. The number of carboxylic acid groups (broad SMARTS) is 1. The van der Waals surface area contributed by atoms with Crippen molar-refractivity contribution in [3.8, 4) is 0 Å². The maximum atomic E-state index is 13.2. The quantitative estimate of drug-likeness (QED) is 0.559. The summed E-state index contributed by atoms with van der Waals surface area (Å²) in [6, 6.07) is 1.75. The predicted octanol–water partition coefficient (Wildman–Crippen LogP) is 0.492. The van der Waals surface area contributed by atoms with E-state index in [1.54, 1.807) is 0 Å². The first-order chi connectivity index (χ1) is 9.85. The van der Waals surface area contributed by atoms with Gasteiger partial charge in [-0.05, 0) is 11.6 Å². The summed E-state index contributed by atoms with van der Waals surface area (Å²) in [7, 11) is 1.28. The monoisotopic (exact) mass is 300 g/mol. The molecule has 0 fully saturated rings. The molecule has 1 atom stereocenters. The molecule has 0 aliphatic carbocycles. The molecule has 0 aliphatic rings. The fraction of sp³-hybridized carbons (Fsp3) is 0.333. The van der Waals surface area contributed by atoms with Crippen molar-refractivity contribution in [1.29, 1.82) is 0 Å². The molecular formula is C12H13FN2O6. The van der Waals surface area contributed by atoms with Crippen LogP contribution in [0, 0.1) is 15.9 Å². The van der Waals surface area contributed by atoms with Crippen LogP contribution in [0.2, 0.25) is 0 Å². The summed E-state index contributed by atoms with van der Waals surface area (Å²) in [6.07, 6.45) is -0.216. The molecule has 0 aliphatic heterocycles. The second-order valence-electron chi connectivity index (χ2n) is 4.14. The number of halogens is 1. The largest absolute Gasteiger partial charge is 0.480 e. The Morgan fingerprint density at radius 1 is 1.52 bits per heavy atom. The third-order valence-electron chi connectivity index (χ3n) is 2.56. The van der Waals surface area contributed by atoms with E-state index in [0.717, 1.165) is 12.1 Å². The molecule has 1 aromatic rings. The van der Waals surface area contributed by atoms with Crippen LogP contribution in [0.25, 0.3) is 0 Å². The second-order valence-corrected chi connectivity index (χ2v) is 4.14. The molecule has 21 heavy (non-hydrogen) atoms. The number of carboxylic acids is 1. The van der Waals surface area contributed by atoms with Crippen LogP contribution in [0.3, 0.4) is 0 Å². The summed E-state index contributed by atoms with van der Waals surface area (Å²) in [4.78, 5) is 32.1. The maximum absolute atomic E-state index is 13.2. The molecule has 2 N–H and O–H groups in total. The Morgan fingerprint density at radius 3 is 2.71 bits per heavy atom. The molecule has 0 unspecified atom stereocenters. The van der Waals surface area contributed by atoms with Crippen LogP contribution < -0.4 is 5.32 Å². The van der Waals surface area contributed by atoms with E-state index in [2.05, 4.69) is 10.1 Å². The standard InChI is InChI=1S/C12H13FN2O6/c1-21-6-11(16)14-9(12(17)18)4-7-2-3-8(13)10(5-7)15(19)20/h2-3,5,9H,4,6H2,1H3,(H,14,16)(H,17,18)/t9-/m0/s1. The smallest absolute Gasteiger partial charge is 0.326 e. The van der Waals surface area contributed by atoms with E-state index in [1.807, 2.05) is 0 Å². The van der Waals surface area contributed by atoms with E-state index in [-0.39, 0.29) is 18.6 Å². The molecule has 0 bridgehead atoms. The van der Waals surface area contributed by atoms with Crippen molar-refractivity contribution in [3.05, 3.63) is 39.7 Å². The zero-order valence-electron chi connectivity index (χ0n) is 11.0.